The third-order valence-corrected chi connectivity index (χ3v) is 4.37. The standard InChI is InChI=1S/C19H12B4N2O6/c1-7-11-6-9(31-16-12(21)4-8(20)5-13(16)22)2-3-10(11)15(26)14(24-7)17(27)25-19(23,30)18(28)29/h2-6,26,30H,1H3,(H,25,27)(H,28,29). The summed E-state index contributed by atoms with van der Waals surface area (Å²) in [5, 5.41) is 31.2. The van der Waals surface area contributed by atoms with E-state index in [2.05, 4.69) is 4.98 Å². The molecule has 12 heteroatoms. The lowest BCUT2D eigenvalue weighted by Gasteiger charge is -2.20. The molecule has 0 bridgehead atoms. The minimum absolute atomic E-state index is 0.204. The number of aromatic nitrogens is 1. The van der Waals surface area contributed by atoms with Gasteiger partial charge < -0.3 is 25.4 Å². The van der Waals surface area contributed by atoms with Crippen molar-refractivity contribution in [1.82, 2.24) is 10.3 Å². The number of carbonyl (C=O) groups is 2. The summed E-state index contributed by atoms with van der Waals surface area (Å²) in [6.45, 7) is 1.56. The minimum atomic E-state index is -3.04. The van der Waals surface area contributed by atoms with Gasteiger partial charge in [0.25, 0.3) is 5.91 Å². The third kappa shape index (κ3) is 4.39. The van der Waals surface area contributed by atoms with Crippen LogP contribution < -0.4 is 26.4 Å². The molecule has 1 amide bonds. The molecule has 3 rings (SSSR count). The van der Waals surface area contributed by atoms with Crippen LogP contribution in [0.4, 0.5) is 0 Å². The first-order valence-electron chi connectivity index (χ1n) is 8.73. The van der Waals surface area contributed by atoms with Crippen molar-refractivity contribution in [2.45, 2.75) is 12.5 Å². The zero-order valence-corrected chi connectivity index (χ0v) is 16.2. The lowest BCUT2D eigenvalue weighted by Crippen LogP contribution is -2.55. The second-order valence-corrected chi connectivity index (χ2v) is 6.76. The highest BCUT2D eigenvalue weighted by Crippen LogP contribution is 2.33. The van der Waals surface area contributed by atoms with Crippen LogP contribution in [0.3, 0.4) is 0 Å². The number of hydrogen-bond donors (Lipinski definition) is 4. The van der Waals surface area contributed by atoms with Crippen LogP contribution in [0.1, 0.15) is 16.2 Å². The Hall–Kier alpha value is -3.39. The van der Waals surface area contributed by atoms with Crippen molar-refractivity contribution in [3.05, 3.63) is 41.7 Å². The largest absolute Gasteiger partial charge is 0.505 e. The van der Waals surface area contributed by atoms with E-state index in [1.54, 1.807) is 18.3 Å². The first-order valence-corrected chi connectivity index (χ1v) is 8.73. The van der Waals surface area contributed by atoms with Crippen LogP contribution in [-0.4, -0.2) is 69.2 Å². The monoisotopic (exact) mass is 408 g/mol. The SMILES string of the molecule is [B]c1cc([B])c(Oc2ccc3c(O)c(C(=O)NC([B])(O)C(=O)O)nc(C)c3c2)c([B])c1. The molecule has 0 saturated carbocycles. The van der Waals surface area contributed by atoms with E-state index in [0.717, 1.165) is 0 Å². The highest BCUT2D eigenvalue weighted by molar-refractivity contribution is 6.45. The van der Waals surface area contributed by atoms with Gasteiger partial charge in [-0.15, -0.1) is 0 Å². The fourth-order valence-electron chi connectivity index (χ4n) is 2.88. The van der Waals surface area contributed by atoms with Crippen molar-refractivity contribution in [2.24, 2.45) is 0 Å². The van der Waals surface area contributed by atoms with E-state index in [4.69, 9.17) is 41.2 Å². The number of carboxylic acid groups (broad SMARTS) is 1. The number of aryl methyl sites for hydroxylation is 1. The van der Waals surface area contributed by atoms with Crippen molar-refractivity contribution >= 4 is 70.4 Å². The van der Waals surface area contributed by atoms with Gasteiger partial charge in [0.1, 0.15) is 35.0 Å². The van der Waals surface area contributed by atoms with Crippen molar-refractivity contribution in [3.63, 3.8) is 0 Å². The maximum atomic E-state index is 12.3. The molecular formula is C19H12B4N2O6. The molecule has 8 radical (unpaired) electrons. The van der Waals surface area contributed by atoms with E-state index < -0.39 is 28.9 Å². The van der Waals surface area contributed by atoms with Gasteiger partial charge in [-0.2, -0.15) is 0 Å². The van der Waals surface area contributed by atoms with Gasteiger partial charge in [-0.3, -0.25) is 4.79 Å². The lowest BCUT2D eigenvalue weighted by molar-refractivity contribution is -0.151. The maximum Gasteiger partial charge on any atom is 0.345 e. The number of aliphatic carboxylic acids is 1. The Balaban J connectivity index is 2.01. The van der Waals surface area contributed by atoms with Crippen LogP contribution in [0.15, 0.2) is 30.3 Å². The summed E-state index contributed by atoms with van der Waals surface area (Å²) < 4.78 is 5.76. The van der Waals surface area contributed by atoms with E-state index in [-0.39, 0.29) is 22.1 Å². The molecule has 1 unspecified atom stereocenters. The van der Waals surface area contributed by atoms with Gasteiger partial charge in [0.15, 0.2) is 24.9 Å². The van der Waals surface area contributed by atoms with Gasteiger partial charge in [-0.05, 0) is 25.1 Å². The highest BCUT2D eigenvalue weighted by Gasteiger charge is 2.33. The average Bonchev–Trinajstić information content (AvgIpc) is 2.66. The van der Waals surface area contributed by atoms with Crippen LogP contribution in [0.2, 0.25) is 0 Å². The lowest BCUT2D eigenvalue weighted by atomic mass is 9.79. The molecule has 1 aromatic heterocycles. The third-order valence-electron chi connectivity index (χ3n) is 4.37. The molecule has 4 N–H and O–H groups in total. The molecule has 31 heavy (non-hydrogen) atoms. The molecule has 3 aromatic rings. The van der Waals surface area contributed by atoms with Gasteiger partial charge in [-0.1, -0.05) is 28.5 Å². The number of carbonyl (C=O) groups excluding carboxylic acids is 1. The molecule has 0 spiro atoms. The fraction of sp³-hybridized carbons (Fsp3) is 0.105. The number of aliphatic hydroxyl groups is 1. The molecule has 0 aliphatic heterocycles. The molecular weight excluding hydrogens is 395 g/mol. The summed E-state index contributed by atoms with van der Waals surface area (Å²) in [5.41, 5.74) is -2.41. The molecule has 0 aliphatic carbocycles. The number of carboxylic acids is 1. The number of pyridine rings is 1. The van der Waals surface area contributed by atoms with Crippen LogP contribution in [0, 0.1) is 6.92 Å². The number of nitrogens with one attached hydrogen (secondary N) is 1. The second-order valence-electron chi connectivity index (χ2n) is 6.76. The number of benzene rings is 2. The Morgan fingerprint density at radius 3 is 2.29 bits per heavy atom. The topological polar surface area (TPSA) is 129 Å². The number of hydrogen-bond acceptors (Lipinski definition) is 6. The minimum Gasteiger partial charge on any atom is -0.505 e. The Labute approximate surface area is 182 Å². The van der Waals surface area contributed by atoms with Crippen molar-refractivity contribution in [2.75, 3.05) is 0 Å². The van der Waals surface area contributed by atoms with Gasteiger partial charge in [-0.25, -0.2) is 9.78 Å². The van der Waals surface area contributed by atoms with Gasteiger partial charge in [0.2, 0.25) is 0 Å². The molecule has 2 aromatic carbocycles. The number of amides is 1. The van der Waals surface area contributed by atoms with Crippen molar-refractivity contribution in [1.29, 1.82) is 0 Å². The van der Waals surface area contributed by atoms with Gasteiger partial charge in [0, 0.05) is 16.5 Å². The molecule has 146 valence electrons. The summed E-state index contributed by atoms with van der Waals surface area (Å²) in [5.74, 6) is -3.09. The predicted molar refractivity (Wildman–Crippen MR) is 117 cm³/mol. The summed E-state index contributed by atoms with van der Waals surface area (Å²) in [4.78, 5) is 27.2. The molecule has 1 atom stereocenters. The molecule has 1 heterocycles. The summed E-state index contributed by atoms with van der Waals surface area (Å²) in [6.07, 6.45) is 0. The Morgan fingerprint density at radius 2 is 1.71 bits per heavy atom. The normalized spacial score (nSPS) is 12.8. The zero-order valence-electron chi connectivity index (χ0n) is 16.2. The van der Waals surface area contributed by atoms with Crippen LogP contribution in [0.25, 0.3) is 10.8 Å². The van der Waals surface area contributed by atoms with Crippen molar-refractivity contribution in [3.8, 4) is 17.2 Å². The molecule has 0 saturated heterocycles. The molecule has 0 fully saturated rings. The predicted octanol–water partition coefficient (Wildman–Crippen LogP) is -1.95. The fourth-order valence-corrected chi connectivity index (χ4v) is 2.88. The second kappa shape index (κ2) is 8.03. The summed E-state index contributed by atoms with van der Waals surface area (Å²) in [7, 11) is 22.6. The smallest absolute Gasteiger partial charge is 0.345 e. The van der Waals surface area contributed by atoms with E-state index >= 15 is 0 Å². The first kappa shape index (κ1) is 22.3. The van der Waals surface area contributed by atoms with E-state index in [1.165, 1.54) is 24.3 Å². The van der Waals surface area contributed by atoms with Crippen LogP contribution in [-0.2, 0) is 4.79 Å². The number of aromatic hydroxyl groups is 1. The average molecular weight is 408 g/mol. The van der Waals surface area contributed by atoms with E-state index in [0.29, 0.717) is 22.3 Å². The van der Waals surface area contributed by atoms with Gasteiger partial charge >= 0.3 is 5.97 Å². The quantitative estimate of drug-likeness (QED) is 0.286. The van der Waals surface area contributed by atoms with E-state index in [1.807, 2.05) is 0 Å². The van der Waals surface area contributed by atoms with Crippen LogP contribution in [0.5, 0.6) is 17.2 Å². The first-order chi connectivity index (χ1) is 14.4. The molecule has 0 aliphatic rings. The van der Waals surface area contributed by atoms with Crippen LogP contribution >= 0.6 is 0 Å². The zero-order chi connectivity index (χ0) is 23.1. The Bertz CT molecular complexity index is 1210. The van der Waals surface area contributed by atoms with E-state index in [9.17, 15) is 19.8 Å². The summed E-state index contributed by atoms with van der Waals surface area (Å²) >= 11 is 0. The summed E-state index contributed by atoms with van der Waals surface area (Å²) in [6, 6.07) is 7.48. The maximum absolute atomic E-state index is 12.3. The highest BCUT2D eigenvalue weighted by atomic mass is 16.5. The van der Waals surface area contributed by atoms with Crippen molar-refractivity contribution < 1.29 is 29.6 Å². The number of rotatable bonds is 5. The van der Waals surface area contributed by atoms with Gasteiger partial charge in [0.05, 0.1) is 0 Å². The molecule has 8 nitrogen and oxygen atoms in total. The Morgan fingerprint density at radius 1 is 1.10 bits per heavy atom. The number of nitrogens with zero attached hydrogens (tertiary/aromatic N) is 1. The number of ether oxygens (including phenoxy) is 1. The Kier molecular flexibility index (Phi) is 5.78. The number of fused-ring (bicyclic) bond motifs is 1.